The van der Waals surface area contributed by atoms with E-state index >= 15 is 0 Å². The fourth-order valence-electron chi connectivity index (χ4n) is 1.26. The SMILES string of the molecule is CC(CNc1ncc(Br)cc1[N+](=O)[O-])C(C)(C)C. The molecule has 1 aromatic heterocycles. The van der Waals surface area contributed by atoms with Crippen molar-refractivity contribution >= 4 is 27.4 Å². The van der Waals surface area contributed by atoms with Crippen LogP contribution in [-0.2, 0) is 0 Å². The van der Waals surface area contributed by atoms with Crippen LogP contribution in [0.1, 0.15) is 27.7 Å². The van der Waals surface area contributed by atoms with Gasteiger partial charge in [0, 0.05) is 23.3 Å². The third-order valence-electron chi connectivity index (χ3n) is 3.08. The number of nitrogens with one attached hydrogen (secondary N) is 1. The summed E-state index contributed by atoms with van der Waals surface area (Å²) in [4.78, 5) is 14.5. The van der Waals surface area contributed by atoms with Gasteiger partial charge in [0.25, 0.3) is 0 Å². The topological polar surface area (TPSA) is 68.1 Å². The molecule has 0 aliphatic carbocycles. The monoisotopic (exact) mass is 315 g/mol. The van der Waals surface area contributed by atoms with Gasteiger partial charge in [0.05, 0.1) is 4.92 Å². The standard InChI is InChI=1S/C12H18BrN3O2/c1-8(12(2,3)4)6-14-11-10(16(17)18)5-9(13)7-15-11/h5,7-8H,6H2,1-4H3,(H,14,15). The molecule has 0 fully saturated rings. The van der Waals surface area contributed by atoms with Gasteiger partial charge in [-0.3, -0.25) is 10.1 Å². The summed E-state index contributed by atoms with van der Waals surface area (Å²) in [5.74, 6) is 0.696. The van der Waals surface area contributed by atoms with E-state index in [0.29, 0.717) is 22.8 Å². The number of nitro groups is 1. The van der Waals surface area contributed by atoms with Gasteiger partial charge in [-0.15, -0.1) is 0 Å². The Labute approximate surface area is 115 Å². The van der Waals surface area contributed by atoms with E-state index in [1.807, 2.05) is 0 Å². The molecule has 0 spiro atoms. The number of halogens is 1. The smallest absolute Gasteiger partial charge is 0.312 e. The van der Waals surface area contributed by atoms with Crippen LogP contribution in [0.5, 0.6) is 0 Å². The van der Waals surface area contributed by atoms with Crippen molar-refractivity contribution in [3.05, 3.63) is 26.9 Å². The van der Waals surface area contributed by atoms with Crippen molar-refractivity contribution in [2.75, 3.05) is 11.9 Å². The molecular formula is C12H18BrN3O2. The van der Waals surface area contributed by atoms with Crippen molar-refractivity contribution in [2.24, 2.45) is 11.3 Å². The van der Waals surface area contributed by atoms with E-state index in [4.69, 9.17) is 0 Å². The van der Waals surface area contributed by atoms with Crippen molar-refractivity contribution < 1.29 is 4.92 Å². The molecular weight excluding hydrogens is 298 g/mol. The Kier molecular flexibility index (Phi) is 4.67. The van der Waals surface area contributed by atoms with Gasteiger partial charge in [0.15, 0.2) is 0 Å². The summed E-state index contributed by atoms with van der Waals surface area (Å²) in [6.07, 6.45) is 1.55. The average Bonchev–Trinajstić information content (AvgIpc) is 2.25. The van der Waals surface area contributed by atoms with Crippen LogP contribution in [0.4, 0.5) is 11.5 Å². The first-order valence-corrected chi connectivity index (χ1v) is 6.55. The zero-order valence-corrected chi connectivity index (χ0v) is 12.6. The van der Waals surface area contributed by atoms with E-state index in [9.17, 15) is 10.1 Å². The van der Waals surface area contributed by atoms with E-state index in [2.05, 4.69) is 53.9 Å². The van der Waals surface area contributed by atoms with E-state index in [-0.39, 0.29) is 11.1 Å². The summed E-state index contributed by atoms with van der Waals surface area (Å²) in [6, 6.07) is 1.46. The molecule has 5 nitrogen and oxygen atoms in total. The number of hydrogen-bond acceptors (Lipinski definition) is 4. The molecule has 1 aromatic rings. The molecule has 1 heterocycles. The van der Waals surface area contributed by atoms with Gasteiger partial charge in [-0.2, -0.15) is 0 Å². The van der Waals surface area contributed by atoms with E-state index < -0.39 is 4.92 Å². The zero-order valence-electron chi connectivity index (χ0n) is 11.0. The Morgan fingerprint density at radius 2 is 2.17 bits per heavy atom. The highest BCUT2D eigenvalue weighted by atomic mass is 79.9. The molecule has 0 saturated carbocycles. The third-order valence-corrected chi connectivity index (χ3v) is 3.52. The lowest BCUT2D eigenvalue weighted by Gasteiger charge is -2.27. The molecule has 0 aromatic carbocycles. The number of nitrogens with zero attached hydrogens (tertiary/aromatic N) is 2. The predicted molar refractivity (Wildman–Crippen MR) is 75.7 cm³/mol. The molecule has 0 amide bonds. The lowest BCUT2D eigenvalue weighted by Crippen LogP contribution is -2.25. The van der Waals surface area contributed by atoms with Crippen molar-refractivity contribution in [1.82, 2.24) is 4.98 Å². The summed E-state index contributed by atoms with van der Waals surface area (Å²) < 4.78 is 0.601. The van der Waals surface area contributed by atoms with Crippen LogP contribution in [0.3, 0.4) is 0 Å². The second-order valence-corrected chi connectivity index (χ2v) is 6.34. The molecule has 0 radical (unpaired) electrons. The van der Waals surface area contributed by atoms with E-state index in [1.165, 1.54) is 6.07 Å². The lowest BCUT2D eigenvalue weighted by molar-refractivity contribution is -0.384. The Bertz CT molecular complexity index is 443. The van der Waals surface area contributed by atoms with Crippen LogP contribution in [0.2, 0.25) is 0 Å². The fraction of sp³-hybridized carbons (Fsp3) is 0.583. The zero-order chi connectivity index (χ0) is 13.9. The fourth-order valence-corrected chi connectivity index (χ4v) is 1.58. The molecule has 18 heavy (non-hydrogen) atoms. The quantitative estimate of drug-likeness (QED) is 0.677. The molecule has 100 valence electrons. The maximum atomic E-state index is 10.9. The van der Waals surface area contributed by atoms with Gasteiger partial charge in [-0.1, -0.05) is 27.7 Å². The first-order chi connectivity index (χ1) is 8.21. The molecule has 1 atom stereocenters. The average molecular weight is 316 g/mol. The van der Waals surface area contributed by atoms with Gasteiger partial charge < -0.3 is 5.32 Å². The summed E-state index contributed by atoms with van der Waals surface area (Å²) in [5, 5.41) is 14.0. The Hall–Kier alpha value is -1.17. The van der Waals surface area contributed by atoms with Gasteiger partial charge in [-0.05, 0) is 27.3 Å². The van der Waals surface area contributed by atoms with Crippen LogP contribution >= 0.6 is 15.9 Å². The maximum Gasteiger partial charge on any atom is 0.312 e. The Balaban J connectivity index is 2.82. The van der Waals surface area contributed by atoms with Crippen molar-refractivity contribution in [2.45, 2.75) is 27.7 Å². The molecule has 0 aliphatic rings. The second kappa shape index (κ2) is 5.65. The van der Waals surface area contributed by atoms with Crippen LogP contribution in [0, 0.1) is 21.4 Å². The Morgan fingerprint density at radius 1 is 1.56 bits per heavy atom. The second-order valence-electron chi connectivity index (χ2n) is 5.43. The summed E-state index contributed by atoms with van der Waals surface area (Å²) in [7, 11) is 0. The van der Waals surface area contributed by atoms with Crippen LogP contribution in [0.15, 0.2) is 16.7 Å². The number of pyridine rings is 1. The third kappa shape index (κ3) is 3.94. The molecule has 0 saturated heterocycles. The molecule has 1 N–H and O–H groups in total. The van der Waals surface area contributed by atoms with Crippen molar-refractivity contribution in [3.8, 4) is 0 Å². The lowest BCUT2D eigenvalue weighted by atomic mass is 9.82. The van der Waals surface area contributed by atoms with Gasteiger partial charge in [0.2, 0.25) is 5.82 Å². The molecule has 0 bridgehead atoms. The highest BCUT2D eigenvalue weighted by molar-refractivity contribution is 9.10. The number of rotatable bonds is 4. The normalized spacial score (nSPS) is 13.2. The van der Waals surface area contributed by atoms with Gasteiger partial charge in [-0.25, -0.2) is 4.98 Å². The largest absolute Gasteiger partial charge is 0.364 e. The number of hydrogen-bond donors (Lipinski definition) is 1. The van der Waals surface area contributed by atoms with Gasteiger partial charge in [0.1, 0.15) is 0 Å². The summed E-state index contributed by atoms with van der Waals surface area (Å²) >= 11 is 3.18. The minimum absolute atomic E-state index is 0.00881. The number of aromatic nitrogens is 1. The van der Waals surface area contributed by atoms with Crippen LogP contribution in [0.25, 0.3) is 0 Å². The van der Waals surface area contributed by atoms with E-state index in [0.717, 1.165) is 0 Å². The molecule has 6 heteroatoms. The van der Waals surface area contributed by atoms with Crippen molar-refractivity contribution in [1.29, 1.82) is 0 Å². The highest BCUT2D eigenvalue weighted by Crippen LogP contribution is 2.28. The van der Waals surface area contributed by atoms with Crippen molar-refractivity contribution in [3.63, 3.8) is 0 Å². The van der Waals surface area contributed by atoms with Gasteiger partial charge >= 0.3 is 5.69 Å². The van der Waals surface area contributed by atoms with E-state index in [1.54, 1.807) is 6.20 Å². The summed E-state index contributed by atoms with van der Waals surface area (Å²) in [6.45, 7) is 9.19. The van der Waals surface area contributed by atoms with Crippen LogP contribution < -0.4 is 5.32 Å². The number of anilines is 1. The minimum Gasteiger partial charge on any atom is -0.364 e. The highest BCUT2D eigenvalue weighted by Gasteiger charge is 2.22. The first-order valence-electron chi connectivity index (χ1n) is 5.75. The predicted octanol–water partition coefficient (Wildman–Crippen LogP) is 3.85. The molecule has 1 rings (SSSR count). The Morgan fingerprint density at radius 3 is 2.67 bits per heavy atom. The van der Waals surface area contributed by atoms with Crippen LogP contribution in [-0.4, -0.2) is 16.5 Å². The molecule has 1 unspecified atom stereocenters. The molecule has 0 aliphatic heterocycles. The minimum atomic E-state index is -0.429. The maximum absolute atomic E-state index is 10.9. The first kappa shape index (κ1) is 14.9. The summed E-state index contributed by atoms with van der Waals surface area (Å²) in [5.41, 5.74) is 0.141.